The summed E-state index contributed by atoms with van der Waals surface area (Å²) in [6.45, 7) is 4.56. The van der Waals surface area contributed by atoms with Crippen molar-refractivity contribution in [1.82, 2.24) is 4.90 Å². The van der Waals surface area contributed by atoms with E-state index in [1.165, 1.54) is 32.4 Å². The number of rotatable bonds is 4. The molecule has 0 saturated carbocycles. The van der Waals surface area contributed by atoms with Crippen molar-refractivity contribution in [2.45, 2.75) is 25.8 Å². The van der Waals surface area contributed by atoms with Gasteiger partial charge in [0.05, 0.1) is 0 Å². The Morgan fingerprint density at radius 2 is 1.62 bits per heavy atom. The molecule has 3 nitrogen and oxygen atoms in total. The van der Waals surface area contributed by atoms with Crippen LogP contribution in [-0.4, -0.2) is 46.9 Å². The van der Waals surface area contributed by atoms with Crippen LogP contribution >= 0.6 is 0 Å². The molecule has 13 heavy (non-hydrogen) atoms. The van der Waals surface area contributed by atoms with Gasteiger partial charge in [-0.25, -0.2) is 0 Å². The van der Waals surface area contributed by atoms with Crippen molar-refractivity contribution in [2.24, 2.45) is 0 Å². The zero-order valence-electron chi connectivity index (χ0n) is 9.01. The largest absolute Gasteiger partial charge is 0.397 e. The van der Waals surface area contributed by atoms with Crippen LogP contribution in [0, 0.1) is 0 Å². The summed E-state index contributed by atoms with van der Waals surface area (Å²) >= 11 is 0. The topological polar surface area (TPSA) is 21.7 Å². The van der Waals surface area contributed by atoms with Crippen LogP contribution in [0.1, 0.15) is 19.3 Å². The van der Waals surface area contributed by atoms with E-state index >= 15 is 0 Å². The molecular formula is C9H21NO2Si. The lowest BCUT2D eigenvalue weighted by molar-refractivity contribution is 0.192. The summed E-state index contributed by atoms with van der Waals surface area (Å²) in [6, 6.07) is 0. The van der Waals surface area contributed by atoms with Crippen molar-refractivity contribution in [3.05, 3.63) is 0 Å². The second kappa shape index (κ2) is 5.10. The summed E-state index contributed by atoms with van der Waals surface area (Å²) in [7, 11) is 1.67. The molecule has 0 aromatic heterocycles. The first-order valence-electron chi connectivity index (χ1n) is 5.03. The first kappa shape index (κ1) is 11.2. The smallest absolute Gasteiger partial charge is 0.348 e. The van der Waals surface area contributed by atoms with Gasteiger partial charge >= 0.3 is 8.56 Å². The molecule has 0 radical (unpaired) electrons. The van der Waals surface area contributed by atoms with E-state index in [4.69, 9.17) is 8.85 Å². The van der Waals surface area contributed by atoms with Gasteiger partial charge in [0.15, 0.2) is 0 Å². The molecule has 1 heterocycles. The maximum Gasteiger partial charge on any atom is 0.348 e. The van der Waals surface area contributed by atoms with Crippen molar-refractivity contribution in [2.75, 3.05) is 33.5 Å². The highest BCUT2D eigenvalue weighted by Crippen LogP contribution is 2.13. The summed E-state index contributed by atoms with van der Waals surface area (Å²) in [5, 5.41) is 0. The average molecular weight is 203 g/mol. The fraction of sp³-hybridized carbons (Fsp3) is 1.00. The highest BCUT2D eigenvalue weighted by molar-refractivity contribution is 6.66. The fourth-order valence-corrected chi connectivity index (χ4v) is 3.29. The fourth-order valence-electron chi connectivity index (χ4n) is 1.74. The third-order valence-corrected chi connectivity index (χ3v) is 5.57. The monoisotopic (exact) mass is 203 g/mol. The second-order valence-corrected chi connectivity index (χ2v) is 7.28. The normalized spacial score (nSPS) is 20.5. The zero-order chi connectivity index (χ0) is 9.73. The van der Waals surface area contributed by atoms with E-state index in [2.05, 4.69) is 11.4 Å². The van der Waals surface area contributed by atoms with Crippen LogP contribution in [0.25, 0.3) is 0 Å². The van der Waals surface area contributed by atoms with E-state index in [1.807, 2.05) is 0 Å². The number of hydrogen-bond acceptors (Lipinski definition) is 3. The Kier molecular flexibility index (Phi) is 4.38. The lowest BCUT2D eigenvalue weighted by atomic mass is 10.1. The quantitative estimate of drug-likeness (QED) is 0.644. The molecule has 1 aliphatic rings. The molecule has 1 saturated heterocycles. The van der Waals surface area contributed by atoms with Gasteiger partial charge in [-0.15, -0.1) is 0 Å². The Balaban J connectivity index is 2.35. The third-order valence-electron chi connectivity index (χ3n) is 2.82. The van der Waals surface area contributed by atoms with E-state index in [0.29, 0.717) is 0 Å². The molecule has 1 rings (SSSR count). The summed E-state index contributed by atoms with van der Waals surface area (Å²) in [6.07, 6.45) is 5.06. The van der Waals surface area contributed by atoms with E-state index in [0.717, 1.165) is 6.17 Å². The number of hydrogen-bond donors (Lipinski definition) is 0. The molecule has 78 valence electrons. The van der Waals surface area contributed by atoms with E-state index in [1.54, 1.807) is 14.2 Å². The van der Waals surface area contributed by atoms with Gasteiger partial charge in [0, 0.05) is 20.4 Å². The molecular weight excluding hydrogens is 182 g/mol. The van der Waals surface area contributed by atoms with Gasteiger partial charge in [-0.05, 0) is 32.5 Å². The molecule has 1 aliphatic heterocycles. The minimum absolute atomic E-state index is 1.01. The molecule has 0 aliphatic carbocycles. The molecule has 0 bridgehead atoms. The van der Waals surface area contributed by atoms with Crippen LogP contribution in [0.15, 0.2) is 0 Å². The van der Waals surface area contributed by atoms with Crippen molar-refractivity contribution >= 4 is 8.56 Å². The van der Waals surface area contributed by atoms with E-state index in [9.17, 15) is 0 Å². The highest BCUT2D eigenvalue weighted by Gasteiger charge is 2.31. The van der Waals surface area contributed by atoms with E-state index in [-0.39, 0.29) is 0 Å². The van der Waals surface area contributed by atoms with Crippen LogP contribution in [0.2, 0.25) is 6.55 Å². The SMILES string of the molecule is CO[Si](C)(CN1CCCCC1)OC. The zero-order valence-corrected chi connectivity index (χ0v) is 10.0. The van der Waals surface area contributed by atoms with Gasteiger partial charge in [0.25, 0.3) is 0 Å². The lowest BCUT2D eigenvalue weighted by Gasteiger charge is -2.33. The maximum atomic E-state index is 5.46. The molecule has 0 N–H and O–H groups in total. The number of piperidine rings is 1. The third kappa shape index (κ3) is 3.38. The summed E-state index contributed by atoms with van der Waals surface area (Å²) in [4.78, 5) is 2.47. The van der Waals surface area contributed by atoms with Crippen LogP contribution < -0.4 is 0 Å². The van der Waals surface area contributed by atoms with Crippen molar-refractivity contribution in [3.63, 3.8) is 0 Å². The Bertz CT molecular complexity index is 145. The predicted molar refractivity (Wildman–Crippen MR) is 55.9 cm³/mol. The minimum atomic E-state index is -1.86. The van der Waals surface area contributed by atoms with Crippen molar-refractivity contribution in [1.29, 1.82) is 0 Å². The summed E-state index contributed by atoms with van der Waals surface area (Å²) in [5.74, 6) is 0. The first-order valence-corrected chi connectivity index (χ1v) is 7.55. The maximum absolute atomic E-state index is 5.46. The molecule has 0 amide bonds. The lowest BCUT2D eigenvalue weighted by Crippen LogP contribution is -2.50. The molecule has 1 fully saturated rings. The molecule has 0 unspecified atom stereocenters. The van der Waals surface area contributed by atoms with Gasteiger partial charge in [0.1, 0.15) is 0 Å². The van der Waals surface area contributed by atoms with Gasteiger partial charge in [0.2, 0.25) is 0 Å². The van der Waals surface area contributed by atoms with Gasteiger partial charge in [-0.2, -0.15) is 0 Å². The number of likely N-dealkylation sites (tertiary alicyclic amines) is 1. The van der Waals surface area contributed by atoms with Gasteiger partial charge in [-0.3, -0.25) is 0 Å². The minimum Gasteiger partial charge on any atom is -0.397 e. The summed E-state index contributed by atoms with van der Waals surface area (Å²) in [5.41, 5.74) is 0. The van der Waals surface area contributed by atoms with Crippen LogP contribution in [-0.2, 0) is 8.85 Å². The van der Waals surface area contributed by atoms with Crippen LogP contribution in [0.3, 0.4) is 0 Å². The molecule has 0 aromatic rings. The van der Waals surface area contributed by atoms with Crippen molar-refractivity contribution in [3.8, 4) is 0 Å². The first-order chi connectivity index (χ1) is 6.20. The Hall–Kier alpha value is 0.0969. The van der Waals surface area contributed by atoms with Crippen LogP contribution in [0.5, 0.6) is 0 Å². The molecule has 0 atom stereocenters. The standard InChI is InChI=1S/C9H21NO2Si/c1-11-13(3,12-2)9-10-7-5-4-6-8-10/h4-9H2,1-3H3. The van der Waals surface area contributed by atoms with Gasteiger partial charge in [-0.1, -0.05) is 6.42 Å². The molecule has 4 heteroatoms. The van der Waals surface area contributed by atoms with Crippen LogP contribution in [0.4, 0.5) is 0 Å². The second-order valence-electron chi connectivity index (χ2n) is 3.88. The Labute approximate surface area is 82.3 Å². The highest BCUT2D eigenvalue weighted by atomic mass is 28.4. The van der Waals surface area contributed by atoms with Crippen molar-refractivity contribution < 1.29 is 8.85 Å². The van der Waals surface area contributed by atoms with Gasteiger partial charge < -0.3 is 13.8 Å². The predicted octanol–water partition coefficient (Wildman–Crippen LogP) is 1.38. The molecule has 0 spiro atoms. The Morgan fingerprint density at radius 1 is 1.08 bits per heavy atom. The Morgan fingerprint density at radius 3 is 2.08 bits per heavy atom. The van der Waals surface area contributed by atoms with E-state index < -0.39 is 8.56 Å². The number of nitrogens with zero attached hydrogens (tertiary/aromatic N) is 1. The molecule has 0 aromatic carbocycles. The average Bonchev–Trinajstić information content (AvgIpc) is 2.19. The summed E-state index contributed by atoms with van der Waals surface area (Å²) < 4.78 is 10.9.